The molecule has 2 rings (SSSR count). The van der Waals surface area contributed by atoms with Crippen molar-refractivity contribution in [1.82, 2.24) is 5.32 Å². The Hall–Kier alpha value is -0.710. The first-order valence-electron chi connectivity index (χ1n) is 8.03. The van der Waals surface area contributed by atoms with Gasteiger partial charge in [-0.25, -0.2) is 0 Å². The molecule has 0 spiro atoms. The zero-order valence-corrected chi connectivity index (χ0v) is 16.1. The maximum Gasteiger partial charge on any atom is 0.135 e. The number of hydrogen-bond acceptors (Lipinski definition) is 3. The van der Waals surface area contributed by atoms with Crippen molar-refractivity contribution in [3.8, 4) is 11.3 Å². The summed E-state index contributed by atoms with van der Waals surface area (Å²) in [4.78, 5) is 0. The molecule has 0 fully saturated rings. The van der Waals surface area contributed by atoms with Gasteiger partial charge in [0, 0.05) is 23.8 Å². The molecule has 1 aromatic heterocycles. The number of nitrogens with one attached hydrogen (secondary N) is 1. The summed E-state index contributed by atoms with van der Waals surface area (Å²) < 4.78 is 11.4. The summed E-state index contributed by atoms with van der Waals surface area (Å²) in [5.74, 6) is 1.61. The average molecular weight is 393 g/mol. The van der Waals surface area contributed by atoms with Gasteiger partial charge in [0.15, 0.2) is 0 Å². The third-order valence-electron chi connectivity index (χ3n) is 3.44. The molecule has 134 valence electrons. The fourth-order valence-corrected chi connectivity index (χ4v) is 2.55. The summed E-state index contributed by atoms with van der Waals surface area (Å²) in [6.45, 7) is 5.42. The minimum Gasteiger partial charge on any atom is -0.460 e. The maximum atomic E-state index is 6.19. The van der Waals surface area contributed by atoms with Gasteiger partial charge in [0.2, 0.25) is 0 Å². The van der Waals surface area contributed by atoms with Crippen LogP contribution < -0.4 is 5.32 Å². The summed E-state index contributed by atoms with van der Waals surface area (Å²) in [6, 6.07) is 9.23. The highest BCUT2D eigenvalue weighted by molar-refractivity contribution is 6.35. The van der Waals surface area contributed by atoms with E-state index in [0.717, 1.165) is 49.7 Å². The highest BCUT2D eigenvalue weighted by Crippen LogP contribution is 2.31. The summed E-state index contributed by atoms with van der Waals surface area (Å²) in [6.07, 6.45) is 3.31. The summed E-state index contributed by atoms with van der Waals surface area (Å²) in [7, 11) is 0. The first-order valence-corrected chi connectivity index (χ1v) is 8.79. The van der Waals surface area contributed by atoms with Gasteiger partial charge in [-0.2, -0.15) is 0 Å². The second kappa shape index (κ2) is 11.8. The molecule has 0 amide bonds. The molecule has 0 aliphatic rings. The number of unbranched alkanes of at least 4 members (excludes halogenated alkanes) is 1. The van der Waals surface area contributed by atoms with Crippen molar-refractivity contribution in [2.24, 2.45) is 0 Å². The maximum absolute atomic E-state index is 6.19. The van der Waals surface area contributed by atoms with Gasteiger partial charge in [0.05, 0.1) is 11.6 Å². The number of halogens is 3. The molecule has 0 bridgehead atoms. The van der Waals surface area contributed by atoms with Crippen LogP contribution in [0.5, 0.6) is 0 Å². The van der Waals surface area contributed by atoms with Gasteiger partial charge in [-0.1, -0.05) is 36.5 Å². The lowest BCUT2D eigenvalue weighted by Gasteiger charge is -2.05. The van der Waals surface area contributed by atoms with Crippen LogP contribution in [0, 0.1) is 0 Å². The monoisotopic (exact) mass is 391 g/mol. The quantitative estimate of drug-likeness (QED) is 0.506. The molecule has 0 aliphatic carbocycles. The van der Waals surface area contributed by atoms with Crippen LogP contribution in [0.1, 0.15) is 31.9 Å². The van der Waals surface area contributed by atoms with Crippen molar-refractivity contribution < 1.29 is 9.15 Å². The van der Waals surface area contributed by atoms with E-state index in [9.17, 15) is 0 Å². The third-order valence-corrected chi connectivity index (χ3v) is 4.00. The van der Waals surface area contributed by atoms with Crippen LogP contribution in [0.3, 0.4) is 0 Å². The highest BCUT2D eigenvalue weighted by Gasteiger charge is 2.09. The number of hydrogen-bond donors (Lipinski definition) is 1. The number of rotatable bonds is 10. The van der Waals surface area contributed by atoms with Crippen LogP contribution in [0.15, 0.2) is 34.7 Å². The van der Waals surface area contributed by atoms with E-state index in [1.165, 1.54) is 6.42 Å². The summed E-state index contributed by atoms with van der Waals surface area (Å²) >= 11 is 12.2. The molecular formula is C18H24Cl3NO2. The van der Waals surface area contributed by atoms with Crippen LogP contribution in [0.25, 0.3) is 11.3 Å². The topological polar surface area (TPSA) is 34.4 Å². The minimum atomic E-state index is 0. The Balaban J connectivity index is 0.00000288. The molecule has 3 nitrogen and oxygen atoms in total. The molecule has 2 aromatic rings. The van der Waals surface area contributed by atoms with Crippen LogP contribution in [0.2, 0.25) is 10.0 Å². The molecule has 0 saturated carbocycles. The Morgan fingerprint density at radius 1 is 1.08 bits per heavy atom. The van der Waals surface area contributed by atoms with Crippen LogP contribution in [-0.2, 0) is 11.3 Å². The Labute approximate surface area is 160 Å². The number of furan rings is 1. The van der Waals surface area contributed by atoms with E-state index in [4.69, 9.17) is 32.4 Å². The third kappa shape index (κ3) is 7.04. The Bertz CT molecular complexity index is 602. The molecule has 0 saturated heterocycles. The van der Waals surface area contributed by atoms with Crippen molar-refractivity contribution in [2.75, 3.05) is 19.8 Å². The van der Waals surface area contributed by atoms with E-state index in [2.05, 4.69) is 12.2 Å². The Morgan fingerprint density at radius 3 is 2.67 bits per heavy atom. The summed E-state index contributed by atoms with van der Waals surface area (Å²) in [5, 5.41) is 4.62. The van der Waals surface area contributed by atoms with Gasteiger partial charge in [-0.05, 0) is 49.7 Å². The predicted molar refractivity (Wildman–Crippen MR) is 103 cm³/mol. The molecule has 6 heteroatoms. The standard InChI is InChI=1S/C18H23Cl2NO2.ClH/c1-2-3-10-22-11-4-9-21-13-15-6-8-18(23-15)16-12-14(19)5-7-17(16)20;/h5-8,12,21H,2-4,9-11,13H2,1H3;1H. The van der Waals surface area contributed by atoms with Crippen LogP contribution >= 0.6 is 35.6 Å². The minimum absolute atomic E-state index is 0. The van der Waals surface area contributed by atoms with Crippen LogP contribution in [-0.4, -0.2) is 19.8 Å². The van der Waals surface area contributed by atoms with Crippen molar-refractivity contribution in [3.63, 3.8) is 0 Å². The van der Waals surface area contributed by atoms with Gasteiger partial charge in [0.1, 0.15) is 11.5 Å². The highest BCUT2D eigenvalue weighted by atomic mass is 35.5. The van der Waals surface area contributed by atoms with Crippen molar-refractivity contribution in [3.05, 3.63) is 46.1 Å². The molecule has 24 heavy (non-hydrogen) atoms. The lowest BCUT2D eigenvalue weighted by atomic mass is 10.2. The molecule has 0 radical (unpaired) electrons. The van der Waals surface area contributed by atoms with Gasteiger partial charge < -0.3 is 14.5 Å². The van der Waals surface area contributed by atoms with E-state index >= 15 is 0 Å². The zero-order chi connectivity index (χ0) is 16.5. The smallest absolute Gasteiger partial charge is 0.135 e. The lowest BCUT2D eigenvalue weighted by molar-refractivity contribution is 0.128. The molecular weight excluding hydrogens is 369 g/mol. The van der Waals surface area contributed by atoms with Crippen molar-refractivity contribution >= 4 is 35.6 Å². The van der Waals surface area contributed by atoms with Gasteiger partial charge in [-0.3, -0.25) is 0 Å². The average Bonchev–Trinajstić information content (AvgIpc) is 3.01. The van der Waals surface area contributed by atoms with E-state index in [1.807, 2.05) is 18.2 Å². The van der Waals surface area contributed by atoms with Crippen molar-refractivity contribution in [2.45, 2.75) is 32.7 Å². The SMILES string of the molecule is CCCCOCCCNCc1ccc(-c2cc(Cl)ccc2Cl)o1.Cl. The van der Waals surface area contributed by atoms with E-state index in [0.29, 0.717) is 16.6 Å². The molecule has 1 aromatic carbocycles. The van der Waals surface area contributed by atoms with Crippen LogP contribution in [0.4, 0.5) is 0 Å². The normalized spacial score (nSPS) is 10.6. The molecule has 0 unspecified atom stereocenters. The molecule has 0 aliphatic heterocycles. The van der Waals surface area contributed by atoms with E-state index < -0.39 is 0 Å². The second-order valence-electron chi connectivity index (χ2n) is 5.39. The fraction of sp³-hybridized carbons (Fsp3) is 0.444. The lowest BCUT2D eigenvalue weighted by Crippen LogP contribution is -2.16. The Kier molecular flexibility index (Phi) is 10.5. The van der Waals surface area contributed by atoms with Gasteiger partial charge >= 0.3 is 0 Å². The zero-order valence-electron chi connectivity index (χ0n) is 13.8. The van der Waals surface area contributed by atoms with E-state index in [-0.39, 0.29) is 12.4 Å². The molecule has 0 atom stereocenters. The van der Waals surface area contributed by atoms with Gasteiger partial charge in [0.25, 0.3) is 0 Å². The van der Waals surface area contributed by atoms with E-state index in [1.54, 1.807) is 12.1 Å². The number of ether oxygens (including phenoxy) is 1. The van der Waals surface area contributed by atoms with Crippen molar-refractivity contribution in [1.29, 1.82) is 0 Å². The molecule has 1 heterocycles. The molecule has 1 N–H and O–H groups in total. The largest absolute Gasteiger partial charge is 0.460 e. The predicted octanol–water partition coefficient (Wildman–Crippen LogP) is 5.97. The first kappa shape index (κ1) is 21.3. The fourth-order valence-electron chi connectivity index (χ4n) is 2.16. The van der Waals surface area contributed by atoms with Gasteiger partial charge in [-0.15, -0.1) is 12.4 Å². The summed E-state index contributed by atoms with van der Waals surface area (Å²) in [5.41, 5.74) is 0.815. The second-order valence-corrected chi connectivity index (χ2v) is 6.23. The Morgan fingerprint density at radius 2 is 1.88 bits per heavy atom. The number of benzene rings is 1. The first-order chi connectivity index (χ1) is 11.2.